The van der Waals surface area contributed by atoms with Crippen LogP contribution in [0.1, 0.15) is 18.1 Å². The van der Waals surface area contributed by atoms with Crippen molar-refractivity contribution in [1.82, 2.24) is 0 Å². The van der Waals surface area contributed by atoms with Crippen LogP contribution in [-0.2, 0) is 14.3 Å². The van der Waals surface area contributed by atoms with Gasteiger partial charge in [-0.05, 0) is 38.0 Å². The Morgan fingerprint density at radius 2 is 2.00 bits per heavy atom. The van der Waals surface area contributed by atoms with E-state index in [0.717, 1.165) is 11.1 Å². The summed E-state index contributed by atoms with van der Waals surface area (Å²) in [5.74, 6) is -1.01. The number of nitrogens with one attached hydrogen (secondary N) is 1. The molecule has 0 heterocycles. The molecule has 0 spiro atoms. The number of esters is 1. The van der Waals surface area contributed by atoms with Gasteiger partial charge in [0.1, 0.15) is 0 Å². The number of anilines is 1. The minimum atomic E-state index is -0.574. The molecule has 1 aromatic carbocycles. The minimum absolute atomic E-state index is 0.358. The van der Waals surface area contributed by atoms with Crippen molar-refractivity contribution in [2.75, 3.05) is 11.9 Å². The molecule has 112 valence electrons. The summed E-state index contributed by atoms with van der Waals surface area (Å²) in [4.78, 5) is 23.1. The van der Waals surface area contributed by atoms with Gasteiger partial charge in [0.15, 0.2) is 6.61 Å². The van der Waals surface area contributed by atoms with E-state index in [0.29, 0.717) is 10.7 Å². The maximum atomic E-state index is 11.8. The summed E-state index contributed by atoms with van der Waals surface area (Å²) < 4.78 is 4.81. The van der Waals surface area contributed by atoms with Crippen molar-refractivity contribution in [3.05, 3.63) is 52.6 Å². The highest BCUT2D eigenvalue weighted by Gasteiger charge is 2.10. The molecule has 0 bridgehead atoms. The van der Waals surface area contributed by atoms with Gasteiger partial charge in [-0.1, -0.05) is 35.9 Å². The number of carbonyl (C=O) groups excluding carboxylic acids is 2. The van der Waals surface area contributed by atoms with Crippen molar-refractivity contribution in [2.45, 2.75) is 20.8 Å². The molecular weight excluding hydrogens is 290 g/mol. The predicted octanol–water partition coefficient (Wildman–Crippen LogP) is 3.57. The maximum Gasteiger partial charge on any atom is 0.331 e. The van der Waals surface area contributed by atoms with Gasteiger partial charge in [-0.3, -0.25) is 4.79 Å². The summed E-state index contributed by atoms with van der Waals surface area (Å²) in [6, 6.07) is 3.67. The third-order valence-corrected chi connectivity index (χ3v) is 2.88. The summed E-state index contributed by atoms with van der Waals surface area (Å²) >= 11 is 6.08. The number of allylic oxidation sites excluding steroid dienone is 3. The summed E-state index contributed by atoms with van der Waals surface area (Å²) in [5.41, 5.74) is 2.40. The summed E-state index contributed by atoms with van der Waals surface area (Å²) in [6.45, 7) is 5.24. The molecule has 0 unspecified atom stereocenters. The van der Waals surface area contributed by atoms with Crippen LogP contribution in [0.4, 0.5) is 5.69 Å². The summed E-state index contributed by atoms with van der Waals surface area (Å²) in [5, 5.41) is 3.10. The van der Waals surface area contributed by atoms with Crippen molar-refractivity contribution in [2.24, 2.45) is 0 Å². The van der Waals surface area contributed by atoms with Crippen LogP contribution in [-0.4, -0.2) is 18.5 Å². The van der Waals surface area contributed by atoms with Gasteiger partial charge >= 0.3 is 5.97 Å². The second-order valence-corrected chi connectivity index (χ2v) is 4.89. The molecular formula is C16H18ClNO3. The Bertz CT molecular complexity index is 568. The molecule has 0 aliphatic heterocycles. The molecule has 0 atom stereocenters. The number of aryl methyl sites for hydroxylation is 2. The summed E-state index contributed by atoms with van der Waals surface area (Å²) in [6.07, 6.45) is 6.26. The highest BCUT2D eigenvalue weighted by Crippen LogP contribution is 2.27. The average molecular weight is 308 g/mol. The van der Waals surface area contributed by atoms with Crippen molar-refractivity contribution < 1.29 is 14.3 Å². The van der Waals surface area contributed by atoms with Crippen LogP contribution in [0.3, 0.4) is 0 Å². The van der Waals surface area contributed by atoms with Crippen LogP contribution in [0.15, 0.2) is 36.4 Å². The molecule has 4 nitrogen and oxygen atoms in total. The smallest absolute Gasteiger partial charge is 0.331 e. The van der Waals surface area contributed by atoms with Gasteiger partial charge in [0.2, 0.25) is 0 Å². The van der Waals surface area contributed by atoms with Gasteiger partial charge in [-0.25, -0.2) is 4.79 Å². The number of ether oxygens (including phenoxy) is 1. The largest absolute Gasteiger partial charge is 0.452 e. The van der Waals surface area contributed by atoms with Crippen molar-refractivity contribution in [3.63, 3.8) is 0 Å². The van der Waals surface area contributed by atoms with Crippen molar-refractivity contribution >= 4 is 29.2 Å². The van der Waals surface area contributed by atoms with Gasteiger partial charge in [-0.15, -0.1) is 0 Å². The molecule has 0 aliphatic carbocycles. The van der Waals surface area contributed by atoms with Gasteiger partial charge in [-0.2, -0.15) is 0 Å². The second kappa shape index (κ2) is 8.27. The molecule has 0 aliphatic rings. The van der Waals surface area contributed by atoms with E-state index in [1.54, 1.807) is 24.3 Å². The normalized spacial score (nSPS) is 11.0. The van der Waals surface area contributed by atoms with E-state index in [-0.39, 0.29) is 6.61 Å². The Balaban J connectivity index is 2.57. The first-order valence-corrected chi connectivity index (χ1v) is 6.84. The molecule has 5 heteroatoms. The van der Waals surface area contributed by atoms with Crippen LogP contribution in [0.25, 0.3) is 0 Å². The van der Waals surface area contributed by atoms with Gasteiger partial charge in [0.25, 0.3) is 5.91 Å². The molecule has 0 aromatic heterocycles. The fourth-order valence-electron chi connectivity index (χ4n) is 1.68. The number of rotatable bonds is 5. The van der Waals surface area contributed by atoms with E-state index >= 15 is 0 Å². The lowest BCUT2D eigenvalue weighted by Crippen LogP contribution is -2.20. The number of halogens is 1. The maximum absolute atomic E-state index is 11.8. The fourth-order valence-corrected chi connectivity index (χ4v) is 2.05. The fraction of sp³-hybridized carbons (Fsp3) is 0.250. The zero-order valence-electron chi connectivity index (χ0n) is 12.3. The first-order valence-electron chi connectivity index (χ1n) is 6.46. The first-order chi connectivity index (χ1) is 9.93. The first kappa shape index (κ1) is 17.0. The van der Waals surface area contributed by atoms with Gasteiger partial charge in [0, 0.05) is 6.08 Å². The monoisotopic (exact) mass is 307 g/mol. The van der Waals surface area contributed by atoms with E-state index in [1.807, 2.05) is 26.8 Å². The van der Waals surface area contributed by atoms with Crippen LogP contribution in [0.2, 0.25) is 5.02 Å². The van der Waals surface area contributed by atoms with Crippen LogP contribution in [0, 0.1) is 13.8 Å². The molecule has 0 fully saturated rings. The van der Waals surface area contributed by atoms with E-state index in [4.69, 9.17) is 16.3 Å². The van der Waals surface area contributed by atoms with Gasteiger partial charge in [0.05, 0.1) is 10.7 Å². The molecule has 0 saturated heterocycles. The molecule has 0 saturated carbocycles. The zero-order chi connectivity index (χ0) is 15.8. The average Bonchev–Trinajstić information content (AvgIpc) is 2.41. The van der Waals surface area contributed by atoms with Crippen LogP contribution >= 0.6 is 11.6 Å². The number of amides is 1. The van der Waals surface area contributed by atoms with Gasteiger partial charge < -0.3 is 10.1 Å². The lowest BCUT2D eigenvalue weighted by atomic mass is 10.1. The SMILES string of the molecule is CC=CC=CC(=O)OCC(=O)Nc1c(C)cc(C)cc1Cl. The Labute approximate surface area is 129 Å². The topological polar surface area (TPSA) is 55.4 Å². The van der Waals surface area contributed by atoms with Crippen molar-refractivity contribution in [3.8, 4) is 0 Å². The number of hydrogen-bond acceptors (Lipinski definition) is 3. The third kappa shape index (κ3) is 5.83. The summed E-state index contributed by atoms with van der Waals surface area (Å²) in [7, 11) is 0. The molecule has 1 N–H and O–H groups in total. The lowest BCUT2D eigenvalue weighted by molar-refractivity contribution is -0.142. The molecule has 1 aromatic rings. The minimum Gasteiger partial charge on any atom is -0.452 e. The Hall–Kier alpha value is -2.07. The number of carbonyl (C=O) groups is 2. The number of hydrogen-bond donors (Lipinski definition) is 1. The van der Waals surface area contributed by atoms with Crippen LogP contribution in [0.5, 0.6) is 0 Å². The quantitative estimate of drug-likeness (QED) is 0.514. The molecule has 21 heavy (non-hydrogen) atoms. The van der Waals surface area contributed by atoms with E-state index in [1.165, 1.54) is 6.08 Å². The highest BCUT2D eigenvalue weighted by molar-refractivity contribution is 6.34. The Kier molecular flexibility index (Phi) is 6.69. The molecule has 1 rings (SSSR count). The Morgan fingerprint density at radius 3 is 2.62 bits per heavy atom. The molecule has 1 amide bonds. The highest BCUT2D eigenvalue weighted by atomic mass is 35.5. The van der Waals surface area contributed by atoms with Crippen LogP contribution < -0.4 is 5.32 Å². The standard InChI is InChI=1S/C16H18ClNO3/c1-4-5-6-7-15(20)21-10-14(19)18-16-12(3)8-11(2)9-13(16)17/h4-9H,10H2,1-3H3,(H,18,19). The predicted molar refractivity (Wildman–Crippen MR) is 84.5 cm³/mol. The zero-order valence-corrected chi connectivity index (χ0v) is 13.0. The third-order valence-electron chi connectivity index (χ3n) is 2.58. The van der Waals surface area contributed by atoms with Crippen molar-refractivity contribution in [1.29, 1.82) is 0 Å². The number of benzene rings is 1. The lowest BCUT2D eigenvalue weighted by Gasteiger charge is -2.11. The van der Waals surface area contributed by atoms with E-state index < -0.39 is 11.9 Å². The Morgan fingerprint density at radius 1 is 1.29 bits per heavy atom. The van der Waals surface area contributed by atoms with E-state index in [9.17, 15) is 9.59 Å². The second-order valence-electron chi connectivity index (χ2n) is 4.48. The molecule has 0 radical (unpaired) electrons. The van der Waals surface area contributed by atoms with E-state index in [2.05, 4.69) is 5.32 Å².